The number of aliphatic hydroxyl groups excluding tert-OH is 1. The number of benzene rings is 1. The molecule has 1 aromatic carbocycles. The molecule has 5 heteroatoms. The van der Waals surface area contributed by atoms with Crippen LogP contribution >= 0.6 is 0 Å². The van der Waals surface area contributed by atoms with Crippen LogP contribution in [0.3, 0.4) is 0 Å². The molecule has 1 aliphatic carbocycles. The number of rotatable bonds is 2. The summed E-state index contributed by atoms with van der Waals surface area (Å²) in [5, 5.41) is 16.5. The van der Waals surface area contributed by atoms with E-state index in [2.05, 4.69) is 10.5 Å². The Kier molecular flexibility index (Phi) is 2.83. The van der Waals surface area contributed by atoms with E-state index in [9.17, 15) is 9.90 Å². The second-order valence-corrected chi connectivity index (χ2v) is 4.72. The number of aryl methyl sites for hydroxylation is 1. The molecule has 0 spiro atoms. The lowest BCUT2D eigenvalue weighted by molar-refractivity contribution is 0.0856. The highest BCUT2D eigenvalue weighted by atomic mass is 16.5. The van der Waals surface area contributed by atoms with Crippen LogP contribution in [-0.2, 0) is 6.42 Å². The molecular formula is C14H14N2O3. The minimum atomic E-state index is -0.596. The van der Waals surface area contributed by atoms with Gasteiger partial charge in [-0.15, -0.1) is 0 Å². The molecule has 1 aliphatic rings. The van der Waals surface area contributed by atoms with Crippen molar-refractivity contribution in [3.63, 3.8) is 0 Å². The zero-order chi connectivity index (χ0) is 13.4. The van der Waals surface area contributed by atoms with Crippen molar-refractivity contribution in [2.24, 2.45) is 0 Å². The Labute approximate surface area is 110 Å². The molecular weight excluding hydrogens is 244 g/mol. The van der Waals surface area contributed by atoms with E-state index >= 15 is 0 Å². The number of carbonyl (C=O) groups is 1. The third-order valence-corrected chi connectivity index (χ3v) is 3.49. The summed E-state index contributed by atoms with van der Waals surface area (Å²) in [7, 11) is 0. The Balaban J connectivity index is 1.84. The normalized spacial score (nSPS) is 21.2. The molecule has 0 bridgehead atoms. The SMILES string of the molecule is Cc1oncc1C(=O)NC1c2ccccc2CC1O. The van der Waals surface area contributed by atoms with Gasteiger partial charge >= 0.3 is 0 Å². The highest BCUT2D eigenvalue weighted by Crippen LogP contribution is 2.31. The van der Waals surface area contributed by atoms with Crippen molar-refractivity contribution in [2.45, 2.75) is 25.5 Å². The Bertz CT molecular complexity index is 621. The minimum absolute atomic E-state index is 0.278. The van der Waals surface area contributed by atoms with Crippen LogP contribution in [0.2, 0.25) is 0 Å². The second-order valence-electron chi connectivity index (χ2n) is 4.72. The van der Waals surface area contributed by atoms with Gasteiger partial charge in [0.1, 0.15) is 11.3 Å². The van der Waals surface area contributed by atoms with Crippen LogP contribution in [0, 0.1) is 6.92 Å². The number of carbonyl (C=O) groups excluding carboxylic acids is 1. The number of hydrogen-bond donors (Lipinski definition) is 2. The lowest BCUT2D eigenvalue weighted by Crippen LogP contribution is -2.33. The number of amides is 1. The van der Waals surface area contributed by atoms with Crippen molar-refractivity contribution in [2.75, 3.05) is 0 Å². The van der Waals surface area contributed by atoms with Gasteiger partial charge in [0.25, 0.3) is 5.91 Å². The van der Waals surface area contributed by atoms with Gasteiger partial charge in [-0.3, -0.25) is 4.79 Å². The zero-order valence-corrected chi connectivity index (χ0v) is 10.5. The second kappa shape index (κ2) is 4.51. The van der Waals surface area contributed by atoms with Crippen molar-refractivity contribution in [3.05, 3.63) is 52.9 Å². The first-order chi connectivity index (χ1) is 9.16. The molecule has 2 atom stereocenters. The zero-order valence-electron chi connectivity index (χ0n) is 10.5. The van der Waals surface area contributed by atoms with E-state index in [1.54, 1.807) is 6.92 Å². The lowest BCUT2D eigenvalue weighted by atomic mass is 10.1. The third-order valence-electron chi connectivity index (χ3n) is 3.49. The molecule has 0 saturated heterocycles. The topological polar surface area (TPSA) is 75.4 Å². The Morgan fingerprint density at radius 3 is 3.00 bits per heavy atom. The molecule has 1 amide bonds. The average Bonchev–Trinajstić information content (AvgIpc) is 2.94. The van der Waals surface area contributed by atoms with E-state index in [1.807, 2.05) is 24.3 Å². The summed E-state index contributed by atoms with van der Waals surface area (Å²) >= 11 is 0. The first kappa shape index (κ1) is 11.9. The third kappa shape index (κ3) is 2.02. The maximum atomic E-state index is 12.1. The first-order valence-electron chi connectivity index (χ1n) is 6.15. The molecule has 0 aliphatic heterocycles. The molecule has 1 aromatic heterocycles. The Morgan fingerprint density at radius 2 is 2.26 bits per heavy atom. The molecule has 2 unspecified atom stereocenters. The summed E-state index contributed by atoms with van der Waals surface area (Å²) < 4.78 is 4.87. The number of nitrogens with one attached hydrogen (secondary N) is 1. The fraction of sp³-hybridized carbons (Fsp3) is 0.286. The first-order valence-corrected chi connectivity index (χ1v) is 6.15. The van der Waals surface area contributed by atoms with Crippen LogP contribution in [0.4, 0.5) is 0 Å². The van der Waals surface area contributed by atoms with Crippen molar-refractivity contribution in [1.82, 2.24) is 10.5 Å². The maximum absolute atomic E-state index is 12.1. The van der Waals surface area contributed by atoms with Crippen LogP contribution in [0.15, 0.2) is 35.0 Å². The van der Waals surface area contributed by atoms with Gasteiger partial charge in [0.2, 0.25) is 0 Å². The summed E-state index contributed by atoms with van der Waals surface area (Å²) in [5.41, 5.74) is 2.44. The predicted octanol–water partition coefficient (Wildman–Crippen LogP) is 1.37. The van der Waals surface area contributed by atoms with Crippen molar-refractivity contribution < 1.29 is 14.4 Å². The van der Waals surface area contributed by atoms with E-state index in [0.29, 0.717) is 17.7 Å². The molecule has 0 radical (unpaired) electrons. The van der Waals surface area contributed by atoms with Gasteiger partial charge in [0, 0.05) is 6.42 Å². The van der Waals surface area contributed by atoms with Gasteiger partial charge in [-0.1, -0.05) is 29.4 Å². The molecule has 5 nitrogen and oxygen atoms in total. The van der Waals surface area contributed by atoms with Crippen LogP contribution in [0.1, 0.15) is 33.3 Å². The van der Waals surface area contributed by atoms with E-state index in [4.69, 9.17) is 4.52 Å². The van der Waals surface area contributed by atoms with E-state index < -0.39 is 6.10 Å². The van der Waals surface area contributed by atoms with Crippen molar-refractivity contribution in [3.8, 4) is 0 Å². The van der Waals surface area contributed by atoms with Gasteiger partial charge < -0.3 is 14.9 Å². The van der Waals surface area contributed by atoms with Crippen LogP contribution in [0.5, 0.6) is 0 Å². The molecule has 0 fully saturated rings. The summed E-state index contributed by atoms with van der Waals surface area (Å²) in [4.78, 5) is 12.1. The lowest BCUT2D eigenvalue weighted by Gasteiger charge is -2.17. The number of aliphatic hydroxyl groups is 1. The summed E-state index contributed by atoms with van der Waals surface area (Å²) in [6.07, 6.45) is 1.35. The number of aromatic nitrogens is 1. The van der Waals surface area contributed by atoms with Gasteiger partial charge in [-0.25, -0.2) is 0 Å². The predicted molar refractivity (Wildman–Crippen MR) is 67.6 cm³/mol. The highest BCUT2D eigenvalue weighted by Gasteiger charge is 2.32. The molecule has 2 aromatic rings. The van der Waals surface area contributed by atoms with Gasteiger partial charge in [-0.05, 0) is 18.1 Å². The van der Waals surface area contributed by atoms with Gasteiger partial charge in [0.05, 0.1) is 18.3 Å². The molecule has 19 heavy (non-hydrogen) atoms. The van der Waals surface area contributed by atoms with Crippen LogP contribution in [0.25, 0.3) is 0 Å². The van der Waals surface area contributed by atoms with Crippen molar-refractivity contribution in [1.29, 1.82) is 0 Å². The number of nitrogens with zero attached hydrogens (tertiary/aromatic N) is 1. The Morgan fingerprint density at radius 1 is 1.47 bits per heavy atom. The minimum Gasteiger partial charge on any atom is -0.390 e. The largest absolute Gasteiger partial charge is 0.390 e. The summed E-state index contributed by atoms with van der Waals surface area (Å²) in [6, 6.07) is 7.35. The highest BCUT2D eigenvalue weighted by molar-refractivity contribution is 5.95. The standard InChI is InChI=1S/C14H14N2O3/c1-8-11(7-15-19-8)14(18)16-13-10-5-3-2-4-9(10)6-12(13)17/h2-5,7,12-13,17H,6H2,1H3,(H,16,18). The van der Waals surface area contributed by atoms with E-state index in [-0.39, 0.29) is 11.9 Å². The molecule has 1 heterocycles. The maximum Gasteiger partial charge on any atom is 0.257 e. The quantitative estimate of drug-likeness (QED) is 0.853. The fourth-order valence-electron chi connectivity index (χ4n) is 2.48. The fourth-order valence-corrected chi connectivity index (χ4v) is 2.48. The average molecular weight is 258 g/mol. The molecule has 3 rings (SSSR count). The number of fused-ring (bicyclic) bond motifs is 1. The monoisotopic (exact) mass is 258 g/mol. The molecule has 2 N–H and O–H groups in total. The number of hydrogen-bond acceptors (Lipinski definition) is 4. The molecule has 98 valence electrons. The van der Waals surface area contributed by atoms with Crippen LogP contribution in [-0.4, -0.2) is 22.3 Å². The van der Waals surface area contributed by atoms with E-state index in [1.165, 1.54) is 6.20 Å². The van der Waals surface area contributed by atoms with Gasteiger partial charge in [0.15, 0.2) is 0 Å². The molecule has 0 saturated carbocycles. The van der Waals surface area contributed by atoms with E-state index in [0.717, 1.165) is 11.1 Å². The Hall–Kier alpha value is -2.14. The summed E-state index contributed by atoms with van der Waals surface area (Å²) in [5.74, 6) is 0.192. The van der Waals surface area contributed by atoms with Crippen molar-refractivity contribution >= 4 is 5.91 Å². The van der Waals surface area contributed by atoms with Crippen LogP contribution < -0.4 is 5.32 Å². The van der Waals surface area contributed by atoms with Gasteiger partial charge in [-0.2, -0.15) is 0 Å². The smallest absolute Gasteiger partial charge is 0.257 e. The summed E-state index contributed by atoms with van der Waals surface area (Å²) in [6.45, 7) is 1.68.